The van der Waals surface area contributed by atoms with Gasteiger partial charge in [0.25, 0.3) is 0 Å². The van der Waals surface area contributed by atoms with Crippen LogP contribution in [-0.2, 0) is 9.13 Å². The molecule has 0 fully saturated rings. The summed E-state index contributed by atoms with van der Waals surface area (Å²) in [5, 5.41) is 1.15. The molecule has 0 N–H and O–H groups in total. The van der Waals surface area contributed by atoms with Crippen LogP contribution in [0.4, 0.5) is 45.5 Å². The van der Waals surface area contributed by atoms with Gasteiger partial charge in [-0.05, 0) is 97.1 Å². The van der Waals surface area contributed by atoms with Gasteiger partial charge >= 0.3 is 14.9 Å². The molecule has 0 saturated carbocycles. The Morgan fingerprint density at radius 1 is 0.304 bits per heavy atom. The highest BCUT2D eigenvalue weighted by Gasteiger charge is 2.50. The number of benzene rings is 6. The third-order valence-electron chi connectivity index (χ3n) is 10.2. The molecule has 0 aliphatic carbocycles. The predicted octanol–water partition coefficient (Wildman–Crippen LogP) is 11.8. The van der Waals surface area contributed by atoms with Crippen LogP contribution >= 0.6 is 14.9 Å². The molecule has 0 radical (unpaired) electrons. The van der Waals surface area contributed by atoms with E-state index in [1.54, 1.807) is 12.4 Å². The van der Waals surface area contributed by atoms with Gasteiger partial charge in [-0.15, -0.1) is 0 Å². The molecule has 8 nitrogen and oxygen atoms in total. The second-order valence-corrected chi connectivity index (χ2v) is 18.3. The number of hydrogen-bond acceptors (Lipinski definition) is 4. The Labute approximate surface area is 325 Å². The van der Waals surface area contributed by atoms with Crippen molar-refractivity contribution in [3.63, 3.8) is 0 Å². The van der Waals surface area contributed by atoms with Gasteiger partial charge in [0, 0.05) is 35.1 Å². The third-order valence-corrected chi connectivity index (χ3v) is 16.0. The number of fused-ring (bicyclic) bond motifs is 2. The van der Waals surface area contributed by atoms with Crippen molar-refractivity contribution in [1.29, 1.82) is 0 Å². The van der Waals surface area contributed by atoms with E-state index < -0.39 is 14.9 Å². The van der Waals surface area contributed by atoms with Gasteiger partial charge in [0.1, 0.15) is 0 Å². The van der Waals surface area contributed by atoms with Crippen molar-refractivity contribution in [1.82, 2.24) is 9.97 Å². The number of anilines is 8. The summed E-state index contributed by atoms with van der Waals surface area (Å²) >= 11 is 0. The smallest absolute Gasteiger partial charge is 0.270 e. The van der Waals surface area contributed by atoms with E-state index in [-0.39, 0.29) is 0 Å². The van der Waals surface area contributed by atoms with Gasteiger partial charge in [0.15, 0.2) is 0 Å². The largest absolute Gasteiger partial charge is 0.303 e. The van der Waals surface area contributed by atoms with E-state index in [2.05, 4.69) is 0 Å². The van der Waals surface area contributed by atoms with E-state index in [9.17, 15) is 0 Å². The molecule has 6 aromatic carbocycles. The topological polar surface area (TPSA) is 72.9 Å². The fourth-order valence-electron chi connectivity index (χ4n) is 7.75. The van der Waals surface area contributed by atoms with Crippen molar-refractivity contribution in [2.45, 2.75) is 0 Å². The highest BCUT2D eigenvalue weighted by molar-refractivity contribution is 7.76. The van der Waals surface area contributed by atoms with Crippen molar-refractivity contribution in [3.05, 3.63) is 207 Å². The number of rotatable bonds is 7. The first-order valence-electron chi connectivity index (χ1n) is 18.3. The molecule has 56 heavy (non-hydrogen) atoms. The lowest BCUT2D eigenvalue weighted by Gasteiger charge is -2.33. The summed E-state index contributed by atoms with van der Waals surface area (Å²) in [5.41, 5.74) is 7.90. The summed E-state index contributed by atoms with van der Waals surface area (Å²) in [6.07, 6.45) is 3.40. The summed E-state index contributed by atoms with van der Waals surface area (Å²) in [4.78, 5) is 9.76. The molecule has 10 rings (SSSR count). The van der Waals surface area contributed by atoms with Gasteiger partial charge in [0.05, 0.1) is 44.7 Å². The first-order chi connectivity index (χ1) is 27.6. The van der Waals surface area contributed by atoms with Gasteiger partial charge in [-0.3, -0.25) is 37.8 Å². The zero-order chi connectivity index (χ0) is 37.7. The zero-order valence-electron chi connectivity index (χ0n) is 30.0. The maximum atomic E-state index is 16.0. The quantitative estimate of drug-likeness (QED) is 0.149. The van der Waals surface area contributed by atoms with Crippen molar-refractivity contribution in [2.75, 3.05) is 18.7 Å². The molecule has 8 aromatic rings. The molecule has 4 heterocycles. The zero-order valence-corrected chi connectivity index (χ0v) is 31.8. The lowest BCUT2D eigenvalue weighted by atomic mass is 10.2. The van der Waals surface area contributed by atoms with Gasteiger partial charge in [0.2, 0.25) is 0 Å². The Hall–Kier alpha value is -6.72. The van der Waals surface area contributed by atoms with Crippen LogP contribution in [0.15, 0.2) is 207 Å². The van der Waals surface area contributed by atoms with E-state index >= 15 is 9.13 Å². The van der Waals surface area contributed by atoms with Gasteiger partial charge < -0.3 is 0 Å². The van der Waals surface area contributed by atoms with Crippen molar-refractivity contribution >= 4 is 71.0 Å². The maximum Gasteiger partial charge on any atom is 0.303 e. The molecule has 2 aliphatic heterocycles. The highest BCUT2D eigenvalue weighted by Crippen LogP contribution is 2.71. The standard InChI is InChI=1S/C46H34N6O2P2/c53-55(49(35-17-5-1-6-18-35)43-25-13-14-26-44(43)50(55)36-19-7-2-8-20-36)39-29-31-41(47-33-39)42-32-30-40(34-48-42)56(54)51(37-21-9-3-10-22-37)45-27-15-16-28-46(45)52(56)38-23-11-4-12-24-38/h1-34H. The molecule has 0 unspecified atom stereocenters. The Bertz CT molecular complexity index is 2440. The van der Waals surface area contributed by atoms with Gasteiger partial charge in [-0.1, -0.05) is 97.1 Å². The molecular formula is C46H34N6O2P2. The summed E-state index contributed by atoms with van der Waals surface area (Å²) in [6, 6.07) is 62.8. The Morgan fingerprint density at radius 3 is 0.786 bits per heavy atom. The Morgan fingerprint density at radius 2 is 0.554 bits per heavy atom. The lowest BCUT2D eigenvalue weighted by Crippen LogP contribution is -2.27. The second kappa shape index (κ2) is 13.5. The van der Waals surface area contributed by atoms with E-state index in [4.69, 9.17) is 9.97 Å². The molecule has 2 aromatic heterocycles. The van der Waals surface area contributed by atoms with Crippen LogP contribution in [0.1, 0.15) is 0 Å². The minimum Gasteiger partial charge on any atom is -0.270 e. The fourth-order valence-corrected chi connectivity index (χ4v) is 13.6. The van der Waals surface area contributed by atoms with E-state index in [0.717, 1.165) is 45.5 Å². The summed E-state index contributed by atoms with van der Waals surface area (Å²) in [7, 11) is -7.15. The minimum atomic E-state index is -3.58. The van der Waals surface area contributed by atoms with Gasteiger partial charge in [-0.25, -0.2) is 0 Å². The molecule has 270 valence electrons. The summed E-state index contributed by atoms with van der Waals surface area (Å²) in [6.45, 7) is 0. The van der Waals surface area contributed by atoms with Crippen LogP contribution in [-0.4, -0.2) is 9.97 Å². The number of aromatic nitrogens is 2. The highest BCUT2D eigenvalue weighted by atomic mass is 31.2. The normalized spacial score (nSPS) is 15.1. The van der Waals surface area contributed by atoms with Crippen molar-refractivity contribution in [3.8, 4) is 11.4 Å². The minimum absolute atomic E-state index is 0.576. The lowest BCUT2D eigenvalue weighted by molar-refractivity contribution is 0.581. The fraction of sp³-hybridized carbons (Fsp3) is 0. The average molecular weight is 765 g/mol. The van der Waals surface area contributed by atoms with Crippen LogP contribution in [0.3, 0.4) is 0 Å². The van der Waals surface area contributed by atoms with Crippen LogP contribution in [0.5, 0.6) is 0 Å². The molecule has 10 heteroatoms. The first kappa shape index (κ1) is 33.8. The Balaban J connectivity index is 1.06. The Kier molecular flexibility index (Phi) is 8.18. The van der Waals surface area contributed by atoms with E-state index in [0.29, 0.717) is 22.0 Å². The predicted molar refractivity (Wildman–Crippen MR) is 229 cm³/mol. The number of pyridine rings is 2. The van der Waals surface area contributed by atoms with E-state index in [1.165, 1.54) is 0 Å². The SMILES string of the molecule is O=P1(c2ccc(-c3ccc(P4(=O)N(c5ccccc5)c5ccccc5N4c4ccccc4)cn3)nc2)N(c2ccccc2)c2ccccc2N1c1ccccc1. The molecular weight excluding hydrogens is 730 g/mol. The van der Waals surface area contributed by atoms with Crippen molar-refractivity contribution in [2.24, 2.45) is 0 Å². The van der Waals surface area contributed by atoms with Crippen LogP contribution in [0.2, 0.25) is 0 Å². The number of para-hydroxylation sites is 8. The van der Waals surface area contributed by atoms with Crippen molar-refractivity contribution < 1.29 is 9.13 Å². The molecule has 2 aliphatic rings. The number of nitrogens with zero attached hydrogens (tertiary/aromatic N) is 6. The van der Waals surface area contributed by atoms with Crippen LogP contribution in [0, 0.1) is 0 Å². The van der Waals surface area contributed by atoms with Gasteiger partial charge in [-0.2, -0.15) is 0 Å². The molecule has 0 amide bonds. The third kappa shape index (κ3) is 5.22. The second-order valence-electron chi connectivity index (χ2n) is 13.5. The van der Waals surface area contributed by atoms with E-state index in [1.807, 2.05) is 213 Å². The average Bonchev–Trinajstić information content (AvgIpc) is 3.70. The van der Waals surface area contributed by atoms with Crippen LogP contribution < -0.4 is 29.3 Å². The molecule has 0 atom stereocenters. The molecule has 0 spiro atoms. The van der Waals surface area contributed by atoms with Crippen LogP contribution in [0.25, 0.3) is 11.4 Å². The first-order valence-corrected chi connectivity index (χ1v) is 21.5. The summed E-state index contributed by atoms with van der Waals surface area (Å²) in [5.74, 6) is 0. The summed E-state index contributed by atoms with van der Waals surface area (Å²) < 4.78 is 39.7. The molecule has 0 bridgehead atoms. The number of hydrogen-bond donors (Lipinski definition) is 0. The maximum absolute atomic E-state index is 16.0. The monoisotopic (exact) mass is 764 g/mol. The molecule has 0 saturated heterocycles.